The average Bonchev–Trinajstić information content (AvgIpc) is 3.48. The van der Waals surface area contributed by atoms with Crippen LogP contribution in [0, 0.1) is 20.8 Å². The minimum atomic E-state index is 0.00710. The Morgan fingerprint density at radius 3 is 2.68 bits per heavy atom. The van der Waals surface area contributed by atoms with Crippen LogP contribution < -0.4 is 0 Å². The lowest BCUT2D eigenvalue weighted by atomic mass is 10.2. The van der Waals surface area contributed by atoms with Crippen LogP contribution in [-0.2, 0) is 6.54 Å². The minimum absolute atomic E-state index is 0.00710. The van der Waals surface area contributed by atoms with Gasteiger partial charge in [0.1, 0.15) is 11.3 Å². The van der Waals surface area contributed by atoms with Crippen molar-refractivity contribution in [2.24, 2.45) is 0 Å². The molecule has 0 atom stereocenters. The van der Waals surface area contributed by atoms with E-state index in [9.17, 15) is 4.79 Å². The Morgan fingerprint density at radius 1 is 1.13 bits per heavy atom. The summed E-state index contributed by atoms with van der Waals surface area (Å²) in [5, 5.41) is 0.753. The molecule has 0 saturated carbocycles. The van der Waals surface area contributed by atoms with Crippen LogP contribution in [-0.4, -0.2) is 56.3 Å². The molecule has 1 aliphatic rings. The van der Waals surface area contributed by atoms with Gasteiger partial charge in [-0.2, -0.15) is 0 Å². The molecule has 0 radical (unpaired) electrons. The molecule has 8 heteroatoms. The summed E-state index contributed by atoms with van der Waals surface area (Å²) in [6.07, 6.45) is 3.72. The number of aromatic nitrogens is 3. The molecule has 0 N–H and O–H groups in total. The zero-order valence-corrected chi connectivity index (χ0v) is 18.8. The number of rotatable bonds is 4. The van der Waals surface area contributed by atoms with E-state index in [0.717, 1.165) is 40.9 Å². The molecule has 1 aliphatic heterocycles. The number of aryl methyl sites for hydroxylation is 3. The lowest BCUT2D eigenvalue weighted by Crippen LogP contribution is -2.48. The first-order valence-electron chi connectivity index (χ1n) is 10.5. The first kappa shape index (κ1) is 20.0. The molecule has 0 spiro atoms. The Bertz CT molecular complexity index is 1230. The third-order valence-electron chi connectivity index (χ3n) is 5.84. The number of hydrogen-bond acceptors (Lipinski definition) is 6. The van der Waals surface area contributed by atoms with Crippen molar-refractivity contribution in [3.8, 4) is 10.8 Å². The van der Waals surface area contributed by atoms with E-state index in [4.69, 9.17) is 9.40 Å². The van der Waals surface area contributed by atoms with Gasteiger partial charge in [0.2, 0.25) is 0 Å². The van der Waals surface area contributed by atoms with Gasteiger partial charge < -0.3 is 13.7 Å². The quantitative estimate of drug-likeness (QED) is 0.486. The highest BCUT2D eigenvalue weighted by atomic mass is 32.1. The molecule has 31 heavy (non-hydrogen) atoms. The van der Waals surface area contributed by atoms with Crippen molar-refractivity contribution in [1.29, 1.82) is 0 Å². The number of thiazole rings is 1. The van der Waals surface area contributed by atoms with Crippen molar-refractivity contribution in [2.75, 3.05) is 26.2 Å². The highest BCUT2D eigenvalue weighted by Crippen LogP contribution is 2.29. The van der Waals surface area contributed by atoms with Gasteiger partial charge in [0, 0.05) is 43.8 Å². The van der Waals surface area contributed by atoms with Gasteiger partial charge >= 0.3 is 0 Å². The molecule has 160 valence electrons. The number of nitrogens with zero attached hydrogens (tertiary/aromatic N) is 5. The van der Waals surface area contributed by atoms with Crippen LogP contribution in [0.2, 0.25) is 0 Å². The van der Waals surface area contributed by atoms with E-state index in [1.807, 2.05) is 24.0 Å². The van der Waals surface area contributed by atoms with Crippen molar-refractivity contribution >= 4 is 22.9 Å². The predicted octanol–water partition coefficient (Wildman–Crippen LogP) is 3.93. The molecule has 1 amide bonds. The van der Waals surface area contributed by atoms with Crippen LogP contribution in [0.25, 0.3) is 16.4 Å². The normalized spacial score (nSPS) is 15.1. The first-order chi connectivity index (χ1) is 15.0. The molecule has 0 aromatic carbocycles. The first-order valence-corrected chi connectivity index (χ1v) is 11.3. The molecular formula is C23H25N5O2S. The summed E-state index contributed by atoms with van der Waals surface area (Å²) in [4.78, 5) is 27.6. The number of imidazole rings is 1. The van der Waals surface area contributed by atoms with Crippen molar-refractivity contribution in [1.82, 2.24) is 24.2 Å². The standard InChI is InChI=1S/C23H25N5O2S/c1-15-6-7-28-18(16(2)24-20(28)13-15)14-26-8-10-27(11-9-26)23(29)21-17(3)31-22(25-21)19-5-4-12-30-19/h4-7,12-13H,8-11,14H2,1-3H3. The monoisotopic (exact) mass is 435 g/mol. The van der Waals surface area contributed by atoms with Gasteiger partial charge in [-0.25, -0.2) is 9.97 Å². The Balaban J connectivity index is 1.26. The third kappa shape index (κ3) is 3.77. The summed E-state index contributed by atoms with van der Waals surface area (Å²) in [5.41, 5.74) is 5.02. The number of carbonyl (C=O) groups is 1. The maximum atomic E-state index is 13.1. The lowest BCUT2D eigenvalue weighted by molar-refractivity contribution is 0.0621. The lowest BCUT2D eigenvalue weighted by Gasteiger charge is -2.34. The largest absolute Gasteiger partial charge is 0.462 e. The second-order valence-electron chi connectivity index (χ2n) is 8.05. The second kappa shape index (κ2) is 7.94. The number of carbonyl (C=O) groups excluding carboxylic acids is 1. The molecule has 5 heterocycles. The van der Waals surface area contributed by atoms with E-state index in [2.05, 4.69) is 46.5 Å². The Kier molecular flexibility index (Phi) is 5.11. The van der Waals surface area contributed by atoms with Crippen LogP contribution >= 0.6 is 11.3 Å². The number of hydrogen-bond donors (Lipinski definition) is 0. The van der Waals surface area contributed by atoms with E-state index in [1.54, 1.807) is 6.26 Å². The van der Waals surface area contributed by atoms with Crippen LogP contribution in [0.3, 0.4) is 0 Å². The fourth-order valence-electron chi connectivity index (χ4n) is 4.08. The third-order valence-corrected chi connectivity index (χ3v) is 6.83. The summed E-state index contributed by atoms with van der Waals surface area (Å²) in [6.45, 7) is 9.98. The number of amides is 1. The van der Waals surface area contributed by atoms with Crippen LogP contribution in [0.4, 0.5) is 0 Å². The highest BCUT2D eigenvalue weighted by molar-refractivity contribution is 7.15. The topological polar surface area (TPSA) is 66.9 Å². The van der Waals surface area contributed by atoms with Gasteiger partial charge in [-0.1, -0.05) is 0 Å². The molecule has 4 aromatic rings. The van der Waals surface area contributed by atoms with Crippen molar-refractivity contribution in [3.05, 3.63) is 64.2 Å². The van der Waals surface area contributed by atoms with Gasteiger partial charge in [0.25, 0.3) is 5.91 Å². The fourth-order valence-corrected chi connectivity index (χ4v) is 4.95. The Hall–Kier alpha value is -2.97. The Labute approximate surface area is 184 Å². The fraction of sp³-hybridized carbons (Fsp3) is 0.348. The van der Waals surface area contributed by atoms with Crippen LogP contribution in [0.1, 0.15) is 32.3 Å². The van der Waals surface area contributed by atoms with E-state index in [1.165, 1.54) is 22.6 Å². The van der Waals surface area contributed by atoms with E-state index < -0.39 is 0 Å². The van der Waals surface area contributed by atoms with Crippen molar-refractivity contribution in [3.63, 3.8) is 0 Å². The van der Waals surface area contributed by atoms with Gasteiger partial charge in [-0.3, -0.25) is 9.69 Å². The molecule has 1 fully saturated rings. The van der Waals surface area contributed by atoms with Gasteiger partial charge in [0.05, 0.1) is 17.7 Å². The number of pyridine rings is 1. The summed E-state index contributed by atoms with van der Waals surface area (Å²) in [7, 11) is 0. The summed E-state index contributed by atoms with van der Waals surface area (Å²) >= 11 is 1.50. The SMILES string of the molecule is Cc1ccn2c(CN3CCN(C(=O)c4nc(-c5ccco5)sc4C)CC3)c(C)nc2c1. The molecule has 0 unspecified atom stereocenters. The molecule has 4 aromatic heterocycles. The smallest absolute Gasteiger partial charge is 0.273 e. The van der Waals surface area contributed by atoms with Crippen molar-refractivity contribution in [2.45, 2.75) is 27.3 Å². The van der Waals surface area contributed by atoms with Crippen LogP contribution in [0.15, 0.2) is 41.1 Å². The van der Waals surface area contributed by atoms with Gasteiger partial charge in [-0.05, 0) is 50.6 Å². The van der Waals surface area contributed by atoms with Crippen molar-refractivity contribution < 1.29 is 9.21 Å². The van der Waals surface area contributed by atoms with E-state index in [-0.39, 0.29) is 5.91 Å². The zero-order chi connectivity index (χ0) is 21.5. The molecule has 7 nitrogen and oxygen atoms in total. The van der Waals surface area contributed by atoms with Crippen LogP contribution in [0.5, 0.6) is 0 Å². The van der Waals surface area contributed by atoms with E-state index in [0.29, 0.717) is 24.5 Å². The molecule has 0 bridgehead atoms. The highest BCUT2D eigenvalue weighted by Gasteiger charge is 2.27. The summed E-state index contributed by atoms with van der Waals surface area (Å²) in [5.74, 6) is 0.711. The molecule has 0 aliphatic carbocycles. The molecule has 5 rings (SSSR count). The number of piperazine rings is 1. The molecule has 1 saturated heterocycles. The minimum Gasteiger partial charge on any atom is -0.462 e. The van der Waals surface area contributed by atoms with Gasteiger partial charge in [0.15, 0.2) is 10.8 Å². The predicted molar refractivity (Wildman–Crippen MR) is 120 cm³/mol. The average molecular weight is 436 g/mol. The number of fused-ring (bicyclic) bond motifs is 1. The summed E-state index contributed by atoms with van der Waals surface area (Å²) in [6, 6.07) is 7.93. The maximum absolute atomic E-state index is 13.1. The van der Waals surface area contributed by atoms with Gasteiger partial charge in [-0.15, -0.1) is 11.3 Å². The molecular weight excluding hydrogens is 410 g/mol. The maximum Gasteiger partial charge on any atom is 0.273 e. The summed E-state index contributed by atoms with van der Waals surface area (Å²) < 4.78 is 7.61. The van der Waals surface area contributed by atoms with E-state index >= 15 is 0 Å². The number of furan rings is 1. The zero-order valence-electron chi connectivity index (χ0n) is 18.0. The Morgan fingerprint density at radius 2 is 1.94 bits per heavy atom. The second-order valence-corrected chi connectivity index (χ2v) is 9.25.